The van der Waals surface area contributed by atoms with Gasteiger partial charge in [-0.05, 0) is 52.2 Å². The Morgan fingerprint density at radius 2 is 1.31 bits per heavy atom. The molecule has 26 heavy (non-hydrogen) atoms. The fourth-order valence-corrected chi connectivity index (χ4v) is 3.00. The Kier molecular flexibility index (Phi) is 4.22. The molecule has 0 atom stereocenters. The van der Waals surface area contributed by atoms with Gasteiger partial charge in [0.2, 0.25) is 0 Å². The fraction of sp³-hybridized carbons (Fsp3) is 0. The highest BCUT2D eigenvalue weighted by molar-refractivity contribution is 6.05. The highest BCUT2D eigenvalue weighted by atomic mass is 16.5. The zero-order valence-electron chi connectivity index (χ0n) is 14.0. The molecule has 1 N–H and O–H groups in total. The molecule has 1 amide bonds. The molecular formula is C23H17NO2. The van der Waals surface area contributed by atoms with Crippen molar-refractivity contribution in [3.8, 4) is 11.1 Å². The number of benzene rings is 4. The number of rotatable bonds is 3. The van der Waals surface area contributed by atoms with Crippen molar-refractivity contribution in [3.05, 3.63) is 103 Å². The van der Waals surface area contributed by atoms with Gasteiger partial charge in [0.05, 0.1) is 5.69 Å². The van der Waals surface area contributed by atoms with Crippen molar-refractivity contribution >= 4 is 22.4 Å². The van der Waals surface area contributed by atoms with Gasteiger partial charge in [0.25, 0.3) is 5.91 Å². The molecule has 0 heterocycles. The maximum atomic E-state index is 12.4. The number of carbonyl (C=O) groups excluding carboxylic acids is 1. The predicted octanol–water partition coefficient (Wildman–Crippen LogP) is 5.54. The Morgan fingerprint density at radius 3 is 2.04 bits per heavy atom. The molecule has 0 aliphatic carbocycles. The zero-order valence-corrected chi connectivity index (χ0v) is 14.0. The standard InChI is InChI=1S/C23H17NO2/c25-23(19-9-5-2-6-10-19)24(26)22-14-13-18-11-12-20(15-21(18)16-22)17-7-3-1-4-8-17/h1-16,26H. The maximum absolute atomic E-state index is 12.4. The summed E-state index contributed by atoms with van der Waals surface area (Å²) < 4.78 is 0. The summed E-state index contributed by atoms with van der Waals surface area (Å²) in [6.07, 6.45) is 0. The number of anilines is 1. The van der Waals surface area contributed by atoms with E-state index in [4.69, 9.17) is 0 Å². The predicted molar refractivity (Wildman–Crippen MR) is 104 cm³/mol. The van der Waals surface area contributed by atoms with Crippen molar-refractivity contribution in [2.24, 2.45) is 0 Å². The Balaban J connectivity index is 1.71. The van der Waals surface area contributed by atoms with Crippen LogP contribution >= 0.6 is 0 Å². The van der Waals surface area contributed by atoms with Gasteiger partial charge in [-0.2, -0.15) is 5.06 Å². The van der Waals surface area contributed by atoms with Crippen LogP contribution in [-0.4, -0.2) is 11.1 Å². The summed E-state index contributed by atoms with van der Waals surface area (Å²) in [6.45, 7) is 0. The van der Waals surface area contributed by atoms with Gasteiger partial charge in [0.15, 0.2) is 0 Å². The van der Waals surface area contributed by atoms with E-state index in [1.165, 1.54) is 0 Å². The van der Waals surface area contributed by atoms with Crippen LogP contribution in [-0.2, 0) is 0 Å². The summed E-state index contributed by atoms with van der Waals surface area (Å²) in [4.78, 5) is 12.4. The van der Waals surface area contributed by atoms with Crippen molar-refractivity contribution in [2.75, 3.05) is 5.06 Å². The topological polar surface area (TPSA) is 40.5 Å². The Morgan fingerprint density at radius 1 is 0.654 bits per heavy atom. The molecule has 4 aromatic rings. The Hall–Kier alpha value is -3.43. The largest absolute Gasteiger partial charge is 0.281 e. The third kappa shape index (κ3) is 3.08. The van der Waals surface area contributed by atoms with Crippen LogP contribution < -0.4 is 5.06 Å². The van der Waals surface area contributed by atoms with E-state index >= 15 is 0 Å². The smallest absolute Gasteiger partial charge is 0.281 e. The average Bonchev–Trinajstić information content (AvgIpc) is 2.73. The second kappa shape index (κ2) is 6.82. The van der Waals surface area contributed by atoms with Crippen molar-refractivity contribution < 1.29 is 10.0 Å². The summed E-state index contributed by atoms with van der Waals surface area (Å²) in [5, 5.41) is 13.1. The maximum Gasteiger partial charge on any atom is 0.281 e. The first-order valence-corrected chi connectivity index (χ1v) is 8.40. The number of hydroxylamine groups is 1. The minimum absolute atomic E-state index is 0.438. The molecule has 0 aliphatic rings. The summed E-state index contributed by atoms with van der Waals surface area (Å²) >= 11 is 0. The summed E-state index contributed by atoms with van der Waals surface area (Å²) in [5.74, 6) is -0.454. The van der Waals surface area contributed by atoms with Crippen molar-refractivity contribution in [3.63, 3.8) is 0 Å². The lowest BCUT2D eigenvalue weighted by atomic mass is 10.0. The van der Waals surface area contributed by atoms with Crippen LogP contribution in [0.1, 0.15) is 10.4 Å². The van der Waals surface area contributed by atoms with E-state index in [-0.39, 0.29) is 0 Å². The van der Waals surface area contributed by atoms with E-state index in [9.17, 15) is 10.0 Å². The summed E-state index contributed by atoms with van der Waals surface area (Å²) in [6, 6.07) is 30.5. The third-order valence-corrected chi connectivity index (χ3v) is 4.39. The number of hydrogen-bond donors (Lipinski definition) is 1. The molecule has 0 aliphatic heterocycles. The lowest BCUT2D eigenvalue weighted by Crippen LogP contribution is -2.26. The minimum atomic E-state index is -0.454. The fourth-order valence-electron chi connectivity index (χ4n) is 3.00. The van der Waals surface area contributed by atoms with Gasteiger partial charge in [-0.25, -0.2) is 0 Å². The first-order chi connectivity index (χ1) is 12.7. The molecule has 0 fully saturated rings. The lowest BCUT2D eigenvalue weighted by Gasteiger charge is -2.16. The molecule has 0 bridgehead atoms. The minimum Gasteiger partial charge on any atom is -0.281 e. The molecule has 3 heteroatoms. The normalized spacial score (nSPS) is 10.7. The second-order valence-corrected chi connectivity index (χ2v) is 6.10. The molecule has 126 valence electrons. The molecule has 3 nitrogen and oxygen atoms in total. The molecule has 0 spiro atoms. The third-order valence-electron chi connectivity index (χ3n) is 4.39. The van der Waals surface area contributed by atoms with Crippen molar-refractivity contribution in [1.82, 2.24) is 0 Å². The number of nitrogens with zero attached hydrogens (tertiary/aromatic N) is 1. The monoisotopic (exact) mass is 339 g/mol. The van der Waals surface area contributed by atoms with E-state index < -0.39 is 5.91 Å². The highest BCUT2D eigenvalue weighted by Crippen LogP contribution is 2.27. The van der Waals surface area contributed by atoms with Crippen LogP contribution in [0.3, 0.4) is 0 Å². The van der Waals surface area contributed by atoms with Crippen LogP contribution in [0.15, 0.2) is 97.1 Å². The van der Waals surface area contributed by atoms with Crippen LogP contribution in [0.2, 0.25) is 0 Å². The number of carbonyl (C=O) groups is 1. The number of fused-ring (bicyclic) bond motifs is 1. The van der Waals surface area contributed by atoms with Crippen LogP contribution in [0.4, 0.5) is 5.69 Å². The van der Waals surface area contributed by atoms with Gasteiger partial charge in [0, 0.05) is 5.56 Å². The van der Waals surface area contributed by atoms with Gasteiger partial charge >= 0.3 is 0 Å². The quantitative estimate of drug-likeness (QED) is 0.393. The average molecular weight is 339 g/mol. The molecule has 0 saturated carbocycles. The van der Waals surface area contributed by atoms with E-state index in [0.29, 0.717) is 16.3 Å². The summed E-state index contributed by atoms with van der Waals surface area (Å²) in [5.41, 5.74) is 3.10. The van der Waals surface area contributed by atoms with Crippen molar-refractivity contribution in [2.45, 2.75) is 0 Å². The lowest BCUT2D eigenvalue weighted by molar-refractivity contribution is 0.0855. The van der Waals surface area contributed by atoms with Gasteiger partial charge in [0.1, 0.15) is 0 Å². The molecular weight excluding hydrogens is 322 g/mol. The molecule has 4 rings (SSSR count). The Labute approximate surface area is 151 Å². The number of hydrogen-bond acceptors (Lipinski definition) is 2. The van der Waals surface area contributed by atoms with Gasteiger partial charge in [-0.15, -0.1) is 0 Å². The van der Waals surface area contributed by atoms with E-state index in [1.54, 1.807) is 30.3 Å². The van der Waals surface area contributed by atoms with Crippen molar-refractivity contribution in [1.29, 1.82) is 0 Å². The highest BCUT2D eigenvalue weighted by Gasteiger charge is 2.15. The van der Waals surface area contributed by atoms with Crippen LogP contribution in [0, 0.1) is 0 Å². The summed E-state index contributed by atoms with van der Waals surface area (Å²) in [7, 11) is 0. The molecule has 4 aromatic carbocycles. The van der Waals surface area contributed by atoms with Gasteiger partial charge < -0.3 is 0 Å². The van der Waals surface area contributed by atoms with Crippen LogP contribution in [0.25, 0.3) is 21.9 Å². The molecule has 0 aromatic heterocycles. The SMILES string of the molecule is O=C(c1ccccc1)N(O)c1ccc2ccc(-c3ccccc3)cc2c1. The number of amides is 1. The second-order valence-electron chi connectivity index (χ2n) is 6.10. The zero-order chi connectivity index (χ0) is 17.9. The first-order valence-electron chi connectivity index (χ1n) is 8.40. The van der Waals surface area contributed by atoms with Gasteiger partial charge in [-0.1, -0.05) is 66.7 Å². The van der Waals surface area contributed by atoms with Crippen LogP contribution in [0.5, 0.6) is 0 Å². The van der Waals surface area contributed by atoms with E-state index in [1.807, 2.05) is 42.5 Å². The first kappa shape index (κ1) is 16.1. The molecule has 0 radical (unpaired) electrons. The van der Waals surface area contributed by atoms with E-state index in [0.717, 1.165) is 21.9 Å². The van der Waals surface area contributed by atoms with E-state index in [2.05, 4.69) is 24.3 Å². The molecule has 0 unspecified atom stereocenters. The van der Waals surface area contributed by atoms with Gasteiger partial charge in [-0.3, -0.25) is 10.0 Å². The Bertz CT molecular complexity index is 1060. The molecule has 0 saturated heterocycles.